The second-order valence-corrected chi connectivity index (χ2v) is 4.46. The van der Waals surface area contributed by atoms with Crippen molar-refractivity contribution in [2.75, 3.05) is 0 Å². The molecular formula is C11H12N4OS. The smallest absolute Gasteiger partial charge is 0.148 e. The lowest BCUT2D eigenvalue weighted by atomic mass is 10.1. The first-order valence-electron chi connectivity index (χ1n) is 5.16. The lowest BCUT2D eigenvalue weighted by Crippen LogP contribution is -1.89. The molecule has 88 valence electrons. The maximum Gasteiger partial charge on any atom is 0.148 e. The van der Waals surface area contributed by atoms with Crippen LogP contribution >= 0.6 is 11.3 Å². The van der Waals surface area contributed by atoms with Gasteiger partial charge in [0.15, 0.2) is 0 Å². The highest BCUT2D eigenvalue weighted by atomic mass is 32.1. The summed E-state index contributed by atoms with van der Waals surface area (Å²) in [6.07, 6.45) is 6.28. The molecule has 5 nitrogen and oxygen atoms in total. The molecule has 0 amide bonds. The van der Waals surface area contributed by atoms with Crippen molar-refractivity contribution in [3.8, 4) is 0 Å². The first kappa shape index (κ1) is 11.8. The van der Waals surface area contributed by atoms with Gasteiger partial charge in [0, 0.05) is 23.5 Å². The summed E-state index contributed by atoms with van der Waals surface area (Å²) in [7, 11) is 0. The molecule has 0 saturated carbocycles. The molecule has 0 bridgehead atoms. The third-order valence-electron chi connectivity index (χ3n) is 2.19. The van der Waals surface area contributed by atoms with E-state index in [0.29, 0.717) is 5.01 Å². The molecule has 0 aliphatic carbocycles. The fourth-order valence-electron chi connectivity index (χ4n) is 1.36. The van der Waals surface area contributed by atoms with Crippen LogP contribution < -0.4 is 0 Å². The normalized spacial score (nSPS) is 13.7. The number of aliphatic hydroxyl groups is 1. The summed E-state index contributed by atoms with van der Waals surface area (Å²) in [5.41, 5.74) is 1.82. The van der Waals surface area contributed by atoms with Gasteiger partial charge in [0.05, 0.1) is 0 Å². The van der Waals surface area contributed by atoms with Gasteiger partial charge < -0.3 is 5.11 Å². The number of allylic oxidation sites excluding steroid dienone is 1. The minimum Gasteiger partial charge on any atom is -0.386 e. The van der Waals surface area contributed by atoms with E-state index in [0.717, 1.165) is 16.1 Å². The summed E-state index contributed by atoms with van der Waals surface area (Å²) in [4.78, 5) is 7.95. The molecule has 1 unspecified atom stereocenters. The van der Waals surface area contributed by atoms with Crippen molar-refractivity contribution < 1.29 is 5.11 Å². The second-order valence-electron chi connectivity index (χ2n) is 3.45. The van der Waals surface area contributed by atoms with Gasteiger partial charge in [-0.2, -0.15) is 0 Å². The molecule has 0 fully saturated rings. The first-order valence-corrected chi connectivity index (χ1v) is 5.97. The van der Waals surface area contributed by atoms with Gasteiger partial charge in [0.1, 0.15) is 22.4 Å². The van der Waals surface area contributed by atoms with Crippen molar-refractivity contribution in [2.24, 2.45) is 0 Å². The molecule has 1 N–H and O–H groups in total. The van der Waals surface area contributed by atoms with E-state index in [2.05, 4.69) is 20.2 Å². The maximum atomic E-state index is 9.43. The third-order valence-corrected chi connectivity index (χ3v) is 3.32. The first-order chi connectivity index (χ1) is 8.22. The predicted octanol–water partition coefficient (Wildman–Crippen LogP) is 1.83. The van der Waals surface area contributed by atoms with Gasteiger partial charge in [-0.3, -0.25) is 0 Å². The Morgan fingerprint density at radius 1 is 1.35 bits per heavy atom. The monoisotopic (exact) mass is 248 g/mol. The number of hydrogen-bond acceptors (Lipinski definition) is 6. The Bertz CT molecular complexity index is 521. The third kappa shape index (κ3) is 2.54. The standard InChI is InChI=1S/C11H12N4OS/c1-3-9(8-4-12-6-13-5-8)11-15-14-10(17-11)7(2)16/h3-7,16H,1-2H3/b9-3+. The summed E-state index contributed by atoms with van der Waals surface area (Å²) in [6, 6.07) is 0. The molecule has 17 heavy (non-hydrogen) atoms. The van der Waals surface area contributed by atoms with Crippen LogP contribution in [-0.4, -0.2) is 25.3 Å². The van der Waals surface area contributed by atoms with Crippen LogP contribution in [0.25, 0.3) is 5.57 Å². The fourth-order valence-corrected chi connectivity index (χ4v) is 2.24. The van der Waals surface area contributed by atoms with Crippen LogP contribution in [0, 0.1) is 0 Å². The predicted molar refractivity (Wildman–Crippen MR) is 65.3 cm³/mol. The molecule has 0 saturated heterocycles. The summed E-state index contributed by atoms with van der Waals surface area (Å²) < 4.78 is 0. The van der Waals surface area contributed by atoms with Gasteiger partial charge in [-0.15, -0.1) is 10.2 Å². The number of aromatic nitrogens is 4. The average molecular weight is 248 g/mol. The van der Waals surface area contributed by atoms with Crippen LogP contribution in [0.3, 0.4) is 0 Å². The van der Waals surface area contributed by atoms with Gasteiger partial charge in [-0.25, -0.2) is 9.97 Å². The van der Waals surface area contributed by atoms with Gasteiger partial charge in [-0.1, -0.05) is 17.4 Å². The molecule has 6 heteroatoms. The van der Waals surface area contributed by atoms with Crippen LogP contribution in [0.1, 0.15) is 35.5 Å². The van der Waals surface area contributed by atoms with Crippen molar-refractivity contribution in [1.29, 1.82) is 0 Å². The lowest BCUT2D eigenvalue weighted by Gasteiger charge is -2.00. The molecule has 2 rings (SSSR count). The van der Waals surface area contributed by atoms with Crippen LogP contribution in [0.15, 0.2) is 24.8 Å². The summed E-state index contributed by atoms with van der Waals surface area (Å²) in [6.45, 7) is 3.59. The fraction of sp³-hybridized carbons (Fsp3) is 0.273. The van der Waals surface area contributed by atoms with Crippen molar-refractivity contribution in [3.05, 3.63) is 40.4 Å². The van der Waals surface area contributed by atoms with E-state index in [1.807, 2.05) is 13.0 Å². The molecule has 1 atom stereocenters. The number of hydrogen-bond donors (Lipinski definition) is 1. The summed E-state index contributed by atoms with van der Waals surface area (Å²) in [5.74, 6) is 0. The highest BCUT2D eigenvalue weighted by Crippen LogP contribution is 2.27. The molecule has 0 aliphatic rings. The molecule has 0 radical (unpaired) electrons. The Morgan fingerprint density at radius 2 is 2.06 bits per heavy atom. The van der Waals surface area contributed by atoms with Gasteiger partial charge in [0.2, 0.25) is 0 Å². The zero-order valence-electron chi connectivity index (χ0n) is 9.53. The minimum atomic E-state index is -0.591. The van der Waals surface area contributed by atoms with E-state index in [9.17, 15) is 5.11 Å². The topological polar surface area (TPSA) is 71.8 Å². The maximum absolute atomic E-state index is 9.43. The Kier molecular flexibility index (Phi) is 3.55. The minimum absolute atomic E-state index is 0.591. The van der Waals surface area contributed by atoms with E-state index in [4.69, 9.17) is 0 Å². The Hall–Kier alpha value is -1.66. The van der Waals surface area contributed by atoms with E-state index in [1.165, 1.54) is 17.7 Å². The van der Waals surface area contributed by atoms with Crippen molar-refractivity contribution in [2.45, 2.75) is 20.0 Å². The SMILES string of the molecule is C/C=C(\c1cncnc1)c1nnc(C(C)O)s1. The number of rotatable bonds is 3. The highest BCUT2D eigenvalue weighted by molar-refractivity contribution is 7.12. The lowest BCUT2D eigenvalue weighted by molar-refractivity contribution is 0.198. The zero-order chi connectivity index (χ0) is 12.3. The molecule has 2 aromatic heterocycles. The molecule has 2 heterocycles. The summed E-state index contributed by atoms with van der Waals surface area (Å²) in [5, 5.41) is 18.8. The van der Waals surface area contributed by atoms with Crippen molar-refractivity contribution in [3.63, 3.8) is 0 Å². The molecular weight excluding hydrogens is 236 g/mol. The van der Waals surface area contributed by atoms with E-state index in [-0.39, 0.29) is 0 Å². The zero-order valence-corrected chi connectivity index (χ0v) is 10.3. The number of aliphatic hydroxyl groups excluding tert-OH is 1. The Balaban J connectivity index is 2.37. The largest absolute Gasteiger partial charge is 0.386 e. The molecule has 2 aromatic rings. The van der Waals surface area contributed by atoms with Crippen molar-refractivity contribution in [1.82, 2.24) is 20.2 Å². The quantitative estimate of drug-likeness (QED) is 0.897. The Morgan fingerprint density at radius 3 is 2.59 bits per heavy atom. The van der Waals surface area contributed by atoms with E-state index >= 15 is 0 Å². The van der Waals surface area contributed by atoms with Gasteiger partial charge in [-0.05, 0) is 13.8 Å². The molecule has 0 aromatic carbocycles. The van der Waals surface area contributed by atoms with Gasteiger partial charge in [0.25, 0.3) is 0 Å². The van der Waals surface area contributed by atoms with E-state index < -0.39 is 6.10 Å². The Labute approximate surface area is 103 Å². The number of nitrogens with zero attached hydrogens (tertiary/aromatic N) is 4. The van der Waals surface area contributed by atoms with E-state index in [1.54, 1.807) is 19.3 Å². The van der Waals surface area contributed by atoms with Crippen molar-refractivity contribution >= 4 is 16.9 Å². The van der Waals surface area contributed by atoms with Crippen LogP contribution in [0.5, 0.6) is 0 Å². The molecule has 0 aliphatic heterocycles. The highest BCUT2D eigenvalue weighted by Gasteiger charge is 2.13. The van der Waals surface area contributed by atoms with Crippen LogP contribution in [0.4, 0.5) is 0 Å². The van der Waals surface area contributed by atoms with Crippen LogP contribution in [-0.2, 0) is 0 Å². The summed E-state index contributed by atoms with van der Waals surface area (Å²) >= 11 is 1.37. The average Bonchev–Trinajstić information content (AvgIpc) is 2.81. The molecule has 0 spiro atoms. The second kappa shape index (κ2) is 5.11. The van der Waals surface area contributed by atoms with Crippen LogP contribution in [0.2, 0.25) is 0 Å². The van der Waals surface area contributed by atoms with Gasteiger partial charge >= 0.3 is 0 Å².